The van der Waals surface area contributed by atoms with Gasteiger partial charge < -0.3 is 23.4 Å². The van der Waals surface area contributed by atoms with E-state index in [0.29, 0.717) is 13.2 Å². The van der Waals surface area contributed by atoms with E-state index in [-0.39, 0.29) is 23.4 Å². The summed E-state index contributed by atoms with van der Waals surface area (Å²) in [6.07, 6.45) is -0.224. The molecule has 0 radical (unpaired) electrons. The van der Waals surface area contributed by atoms with Gasteiger partial charge in [-0.1, -0.05) is 51.1 Å². The highest BCUT2D eigenvalue weighted by molar-refractivity contribution is 6.74. The van der Waals surface area contributed by atoms with Crippen LogP contribution in [0.5, 0.6) is 0 Å². The van der Waals surface area contributed by atoms with E-state index in [1.54, 1.807) is 0 Å². The molecule has 3 heterocycles. The fraction of sp³-hybridized carbons (Fsp3) is 0.667. The lowest BCUT2D eigenvalue weighted by molar-refractivity contribution is -0.291. The molecule has 8 heteroatoms. The predicted octanol–water partition coefficient (Wildman–Crippen LogP) is 4.68. The van der Waals surface area contributed by atoms with E-state index in [2.05, 4.69) is 33.9 Å². The highest BCUT2D eigenvalue weighted by Crippen LogP contribution is 2.44. The lowest BCUT2D eigenvalue weighted by atomic mass is 10.0. The van der Waals surface area contributed by atoms with Gasteiger partial charge in [0.05, 0.1) is 13.2 Å². The summed E-state index contributed by atoms with van der Waals surface area (Å²) in [7, 11) is -2.16. The second-order valence-electron chi connectivity index (χ2n) is 10.6. The van der Waals surface area contributed by atoms with Crippen molar-refractivity contribution in [1.82, 2.24) is 0 Å². The van der Waals surface area contributed by atoms with Crippen LogP contribution >= 0.6 is 0 Å². The second kappa shape index (κ2) is 8.92. The summed E-state index contributed by atoms with van der Waals surface area (Å²) in [5.74, 6) is -0.753. The van der Waals surface area contributed by atoms with Crippen LogP contribution in [0.15, 0.2) is 42.0 Å². The third kappa shape index (κ3) is 5.18. The van der Waals surface area contributed by atoms with E-state index in [9.17, 15) is 0 Å². The van der Waals surface area contributed by atoms with Crippen LogP contribution in [0, 0.1) is 0 Å². The molecule has 0 aromatic heterocycles. The summed E-state index contributed by atoms with van der Waals surface area (Å²) in [5.41, 5.74) is 2.01. The number of rotatable bonds is 8. The van der Waals surface area contributed by atoms with E-state index in [1.165, 1.54) is 0 Å². The van der Waals surface area contributed by atoms with Crippen LogP contribution in [0.2, 0.25) is 18.1 Å². The van der Waals surface area contributed by atoms with Gasteiger partial charge in [0.15, 0.2) is 14.1 Å². The Hall–Kier alpha value is -1.10. The van der Waals surface area contributed by atoms with Crippen LogP contribution in [0.1, 0.15) is 40.2 Å². The van der Waals surface area contributed by atoms with Gasteiger partial charge in [0.1, 0.15) is 18.3 Å². The number of ether oxygens (including phenoxy) is 4. The van der Waals surface area contributed by atoms with E-state index < -0.39 is 26.7 Å². The molecule has 1 aromatic carbocycles. The number of hydrogen-bond donors (Lipinski definition) is 0. The van der Waals surface area contributed by atoms with Crippen molar-refractivity contribution in [2.75, 3.05) is 6.61 Å². The van der Waals surface area contributed by atoms with Crippen LogP contribution in [0.3, 0.4) is 0 Å². The Bertz CT molecular complexity index is 817. The summed E-state index contributed by atoms with van der Waals surface area (Å²) >= 11 is 0. The molecule has 2 saturated heterocycles. The molecule has 1 aromatic rings. The summed E-state index contributed by atoms with van der Waals surface area (Å²) in [4.78, 5) is 10.5. The molecular weight excluding hydrogens is 428 g/mol. The maximum atomic E-state index is 6.91. The molecule has 0 amide bonds. The van der Waals surface area contributed by atoms with Gasteiger partial charge in [-0.25, -0.2) is 0 Å². The van der Waals surface area contributed by atoms with Crippen molar-refractivity contribution in [2.24, 2.45) is 0 Å². The van der Waals surface area contributed by atoms with Crippen molar-refractivity contribution >= 4 is 8.32 Å². The Morgan fingerprint density at radius 1 is 1.06 bits per heavy atom. The molecule has 3 aliphatic rings. The molecule has 0 saturated carbocycles. The second-order valence-corrected chi connectivity index (χ2v) is 15.4. The van der Waals surface area contributed by atoms with Crippen molar-refractivity contribution in [1.29, 1.82) is 0 Å². The molecule has 1 unspecified atom stereocenters. The first-order valence-corrected chi connectivity index (χ1v) is 14.2. The normalized spacial score (nSPS) is 30.5. The average Bonchev–Trinajstić information content (AvgIpc) is 3.40. The zero-order valence-corrected chi connectivity index (χ0v) is 21.1. The van der Waals surface area contributed by atoms with Crippen LogP contribution in [-0.4, -0.2) is 51.6 Å². The Kier molecular flexibility index (Phi) is 6.70. The van der Waals surface area contributed by atoms with Crippen molar-refractivity contribution in [3.63, 3.8) is 0 Å². The largest absolute Gasteiger partial charge is 0.407 e. The number of hydrogen-bond acceptors (Lipinski definition) is 7. The first-order valence-electron chi connectivity index (χ1n) is 11.3. The van der Waals surface area contributed by atoms with Gasteiger partial charge in [-0.15, -0.1) is 0 Å². The summed E-state index contributed by atoms with van der Waals surface area (Å²) < 4.78 is 31.3. The van der Waals surface area contributed by atoms with Crippen LogP contribution in [0.4, 0.5) is 0 Å². The quantitative estimate of drug-likeness (QED) is 0.314. The van der Waals surface area contributed by atoms with E-state index in [1.807, 2.05) is 50.3 Å². The predicted molar refractivity (Wildman–Crippen MR) is 121 cm³/mol. The van der Waals surface area contributed by atoms with Crippen LogP contribution in [-0.2, 0) is 39.8 Å². The van der Waals surface area contributed by atoms with Gasteiger partial charge in [-0.2, -0.15) is 9.78 Å². The fourth-order valence-corrected chi connectivity index (χ4v) is 5.13. The molecular formula is C24H36O7Si. The van der Waals surface area contributed by atoms with Gasteiger partial charge >= 0.3 is 0 Å². The highest BCUT2D eigenvalue weighted by Gasteiger charge is 2.53. The molecule has 32 heavy (non-hydrogen) atoms. The Morgan fingerprint density at radius 2 is 1.78 bits per heavy atom. The highest BCUT2D eigenvalue weighted by atomic mass is 28.4. The van der Waals surface area contributed by atoms with Gasteiger partial charge in [0.2, 0.25) is 12.6 Å². The molecule has 4 rings (SSSR count). The SMILES string of the molecule is CC1(C)O[C@@H](COCc2ccccc2)[C@H](C(O[Si](C)(C)C(C)(C)C)C2=C[C@H]3OO[C@@H]2O3)O1. The maximum absolute atomic E-state index is 6.91. The smallest absolute Gasteiger partial charge is 0.219 e. The van der Waals surface area contributed by atoms with Crippen molar-refractivity contribution in [3.8, 4) is 0 Å². The minimum atomic E-state index is -2.16. The Balaban J connectivity index is 1.55. The van der Waals surface area contributed by atoms with E-state index in [4.69, 9.17) is 33.1 Å². The van der Waals surface area contributed by atoms with Crippen molar-refractivity contribution in [2.45, 2.75) is 96.0 Å². The van der Waals surface area contributed by atoms with Gasteiger partial charge in [0.25, 0.3) is 0 Å². The molecule has 3 aliphatic heterocycles. The fourth-order valence-electron chi connectivity index (χ4n) is 3.87. The van der Waals surface area contributed by atoms with Crippen molar-refractivity contribution in [3.05, 3.63) is 47.5 Å². The zero-order valence-electron chi connectivity index (χ0n) is 20.1. The van der Waals surface area contributed by atoms with Crippen LogP contribution < -0.4 is 0 Å². The molecule has 5 atom stereocenters. The monoisotopic (exact) mass is 464 g/mol. The topological polar surface area (TPSA) is 64.6 Å². The molecule has 0 aliphatic carbocycles. The van der Waals surface area contributed by atoms with Gasteiger partial charge in [-0.05, 0) is 43.6 Å². The first kappa shape index (κ1) is 24.0. The molecule has 0 spiro atoms. The summed E-state index contributed by atoms with van der Waals surface area (Å²) in [5, 5.41) is 0.0237. The van der Waals surface area contributed by atoms with Gasteiger partial charge in [0, 0.05) is 5.57 Å². The third-order valence-corrected chi connectivity index (χ3v) is 11.0. The van der Waals surface area contributed by atoms with Crippen LogP contribution in [0.25, 0.3) is 0 Å². The van der Waals surface area contributed by atoms with E-state index in [0.717, 1.165) is 11.1 Å². The summed E-state index contributed by atoms with van der Waals surface area (Å²) in [6, 6.07) is 10.1. The minimum absolute atomic E-state index is 0.0237. The third-order valence-electron chi connectivity index (χ3n) is 6.57. The average molecular weight is 465 g/mol. The van der Waals surface area contributed by atoms with Gasteiger partial charge in [-0.3, -0.25) is 0 Å². The lowest BCUT2D eigenvalue weighted by Gasteiger charge is -2.42. The maximum Gasteiger partial charge on any atom is 0.219 e. The minimum Gasteiger partial charge on any atom is -0.407 e. The Labute approximate surface area is 192 Å². The summed E-state index contributed by atoms with van der Waals surface area (Å²) in [6.45, 7) is 15.9. The number of fused-ring (bicyclic) bond motifs is 2. The Morgan fingerprint density at radius 3 is 2.38 bits per heavy atom. The number of benzene rings is 1. The first-order chi connectivity index (χ1) is 15.0. The molecule has 2 fully saturated rings. The molecule has 178 valence electrons. The zero-order chi connectivity index (χ0) is 23.1. The van der Waals surface area contributed by atoms with E-state index >= 15 is 0 Å². The molecule has 2 bridgehead atoms. The molecule has 7 nitrogen and oxygen atoms in total. The lowest BCUT2D eigenvalue weighted by Crippen LogP contribution is -2.51. The molecule has 0 N–H and O–H groups in total. The standard InChI is InChI=1S/C24H36O7Si/c1-23(2,3)32(6,7)31-20(17-13-19-26-22(17)30-29-19)21-18(27-24(4,5)28-21)15-25-14-16-11-9-8-10-12-16/h8-13,18-22H,14-15H2,1-7H3/t18-,19+,20?,21+,22-/m0/s1. The van der Waals surface area contributed by atoms with Crippen molar-refractivity contribution < 1.29 is 33.1 Å².